The first-order valence-corrected chi connectivity index (χ1v) is 7.91. The molecule has 0 spiro atoms. The van der Waals surface area contributed by atoms with Crippen LogP contribution in [0.1, 0.15) is 34.9 Å². The third kappa shape index (κ3) is 2.16. The second kappa shape index (κ2) is 5.43. The Hall–Kier alpha value is -2.81. The molecule has 3 heteroatoms. The molecule has 0 unspecified atom stereocenters. The molecule has 0 fully saturated rings. The number of para-hydroxylation sites is 1. The number of amides is 1. The highest BCUT2D eigenvalue weighted by molar-refractivity contribution is 6.11. The van der Waals surface area contributed by atoms with Crippen LogP contribution in [0.25, 0.3) is 22.0 Å². The van der Waals surface area contributed by atoms with Crippen LogP contribution in [0.4, 0.5) is 0 Å². The van der Waals surface area contributed by atoms with Crippen molar-refractivity contribution in [2.24, 2.45) is 0 Å². The fraction of sp³-hybridized carbons (Fsp3) is 0.150. The maximum Gasteiger partial charge on any atom is 0.268 e. The van der Waals surface area contributed by atoms with E-state index in [4.69, 9.17) is 0 Å². The minimum absolute atomic E-state index is 0.0104. The van der Waals surface area contributed by atoms with Crippen molar-refractivity contribution >= 4 is 16.8 Å². The van der Waals surface area contributed by atoms with E-state index in [1.807, 2.05) is 36.4 Å². The first kappa shape index (κ1) is 13.8. The summed E-state index contributed by atoms with van der Waals surface area (Å²) in [4.78, 5) is 16.0. The maximum atomic E-state index is 12.7. The summed E-state index contributed by atoms with van der Waals surface area (Å²) in [5, 5.41) is 4.26. The molecule has 1 amide bonds. The third-order valence-electron chi connectivity index (χ3n) is 4.50. The highest BCUT2D eigenvalue weighted by atomic mass is 16.2. The average Bonchev–Trinajstić information content (AvgIpc) is 2.93. The number of allylic oxidation sites excluding steroid dienone is 1. The Kier molecular flexibility index (Phi) is 3.27. The first-order chi connectivity index (χ1) is 11.3. The number of hydrogen-bond donors (Lipinski definition) is 2. The Morgan fingerprint density at radius 1 is 1.09 bits per heavy atom. The van der Waals surface area contributed by atoms with E-state index >= 15 is 0 Å². The van der Waals surface area contributed by atoms with Crippen LogP contribution in [0.2, 0.25) is 0 Å². The van der Waals surface area contributed by atoms with Crippen molar-refractivity contribution in [1.82, 2.24) is 10.3 Å². The number of nitrogens with one attached hydrogen (secondary N) is 2. The van der Waals surface area contributed by atoms with Crippen LogP contribution in [0.3, 0.4) is 0 Å². The molecule has 2 N–H and O–H groups in total. The van der Waals surface area contributed by atoms with Gasteiger partial charge in [-0.2, -0.15) is 0 Å². The molecular formula is C20H18N2O. The highest BCUT2D eigenvalue weighted by Crippen LogP contribution is 2.39. The van der Waals surface area contributed by atoms with Gasteiger partial charge in [-0.15, -0.1) is 6.58 Å². The van der Waals surface area contributed by atoms with Gasteiger partial charge in [-0.3, -0.25) is 4.79 Å². The number of carbonyl (C=O) groups excluding carboxylic acids is 1. The smallest absolute Gasteiger partial charge is 0.268 e. The Morgan fingerprint density at radius 3 is 2.74 bits per heavy atom. The summed E-state index contributed by atoms with van der Waals surface area (Å²) in [6, 6.07) is 16.4. The van der Waals surface area contributed by atoms with E-state index in [-0.39, 0.29) is 11.9 Å². The minimum atomic E-state index is -0.0403. The summed E-state index contributed by atoms with van der Waals surface area (Å²) >= 11 is 0. The van der Waals surface area contributed by atoms with Crippen molar-refractivity contribution < 1.29 is 4.79 Å². The van der Waals surface area contributed by atoms with Crippen LogP contribution in [0.5, 0.6) is 0 Å². The van der Waals surface area contributed by atoms with E-state index in [9.17, 15) is 4.79 Å². The largest absolute Gasteiger partial charge is 0.350 e. The molecule has 2 heterocycles. The number of aromatic nitrogens is 1. The summed E-state index contributed by atoms with van der Waals surface area (Å²) in [6.07, 6.45) is 3.62. The molecule has 114 valence electrons. The number of benzene rings is 2. The number of rotatable bonds is 3. The van der Waals surface area contributed by atoms with Crippen LogP contribution in [-0.2, 0) is 0 Å². The zero-order valence-corrected chi connectivity index (χ0v) is 12.8. The first-order valence-electron chi connectivity index (χ1n) is 7.91. The number of fused-ring (bicyclic) bond motifs is 5. The van der Waals surface area contributed by atoms with Gasteiger partial charge in [-0.1, -0.05) is 48.5 Å². The Morgan fingerprint density at radius 2 is 1.87 bits per heavy atom. The summed E-state index contributed by atoms with van der Waals surface area (Å²) in [7, 11) is 0. The lowest BCUT2D eigenvalue weighted by atomic mass is 9.93. The molecule has 23 heavy (non-hydrogen) atoms. The summed E-state index contributed by atoms with van der Waals surface area (Å²) in [5.41, 5.74) is 4.96. The van der Waals surface area contributed by atoms with E-state index in [0.717, 1.165) is 34.9 Å². The molecule has 1 aliphatic heterocycles. The van der Waals surface area contributed by atoms with Crippen LogP contribution in [0, 0.1) is 0 Å². The molecule has 1 aliphatic rings. The van der Waals surface area contributed by atoms with Gasteiger partial charge in [0.15, 0.2) is 0 Å². The van der Waals surface area contributed by atoms with Crippen molar-refractivity contribution in [1.29, 1.82) is 0 Å². The summed E-state index contributed by atoms with van der Waals surface area (Å²) in [6.45, 7) is 3.80. The van der Waals surface area contributed by atoms with Gasteiger partial charge in [0.2, 0.25) is 0 Å². The molecule has 0 radical (unpaired) electrons. The van der Waals surface area contributed by atoms with Gasteiger partial charge < -0.3 is 10.3 Å². The van der Waals surface area contributed by atoms with E-state index in [2.05, 4.69) is 35.1 Å². The van der Waals surface area contributed by atoms with Crippen molar-refractivity contribution in [3.63, 3.8) is 0 Å². The molecule has 4 rings (SSSR count). The lowest BCUT2D eigenvalue weighted by Crippen LogP contribution is -2.27. The Balaban J connectivity index is 1.99. The quantitative estimate of drug-likeness (QED) is 0.683. The highest BCUT2D eigenvalue weighted by Gasteiger charge is 2.28. The summed E-state index contributed by atoms with van der Waals surface area (Å²) < 4.78 is 0. The second-order valence-electron chi connectivity index (χ2n) is 5.90. The van der Waals surface area contributed by atoms with Gasteiger partial charge in [0.1, 0.15) is 5.69 Å². The fourth-order valence-electron chi connectivity index (χ4n) is 3.44. The molecular weight excluding hydrogens is 284 g/mol. The monoisotopic (exact) mass is 302 g/mol. The average molecular weight is 302 g/mol. The standard InChI is InChI=1S/C20H18N2O/c1-2-3-11-16-13-8-4-5-9-14(13)18-15-10-6-7-12-17(15)21-19(18)20(23)22-16/h2,4-10,12,16,21H,1,3,11H2,(H,22,23)/t16-/m1/s1. The molecule has 0 aliphatic carbocycles. The predicted molar refractivity (Wildman–Crippen MR) is 93.4 cm³/mol. The molecule has 0 bridgehead atoms. The molecule has 0 saturated heterocycles. The van der Waals surface area contributed by atoms with Crippen LogP contribution in [-0.4, -0.2) is 10.9 Å². The van der Waals surface area contributed by atoms with Crippen molar-refractivity contribution in [2.75, 3.05) is 0 Å². The number of aromatic amines is 1. The van der Waals surface area contributed by atoms with Crippen molar-refractivity contribution in [3.8, 4) is 11.1 Å². The molecule has 0 saturated carbocycles. The lowest BCUT2D eigenvalue weighted by molar-refractivity contribution is 0.0933. The molecule has 1 aromatic heterocycles. The van der Waals surface area contributed by atoms with E-state index < -0.39 is 0 Å². The van der Waals surface area contributed by atoms with Crippen molar-refractivity contribution in [3.05, 3.63) is 72.4 Å². The minimum Gasteiger partial charge on any atom is -0.350 e. The molecule has 3 nitrogen and oxygen atoms in total. The predicted octanol–water partition coefficient (Wildman–Crippen LogP) is 4.59. The second-order valence-corrected chi connectivity index (χ2v) is 5.90. The van der Waals surface area contributed by atoms with Crippen LogP contribution >= 0.6 is 0 Å². The number of H-pyrrole nitrogens is 1. The van der Waals surface area contributed by atoms with E-state index in [1.165, 1.54) is 5.56 Å². The molecule has 1 atom stereocenters. The van der Waals surface area contributed by atoms with Crippen LogP contribution in [0.15, 0.2) is 61.2 Å². The summed E-state index contributed by atoms with van der Waals surface area (Å²) in [5.74, 6) is -0.0403. The normalized spacial score (nSPS) is 16.3. The molecule has 3 aromatic rings. The van der Waals surface area contributed by atoms with Gasteiger partial charge in [-0.05, 0) is 30.0 Å². The third-order valence-corrected chi connectivity index (χ3v) is 4.50. The Labute approximate surface area is 135 Å². The van der Waals surface area contributed by atoms with E-state index in [1.54, 1.807) is 0 Å². The van der Waals surface area contributed by atoms with Gasteiger partial charge in [0.25, 0.3) is 5.91 Å². The topological polar surface area (TPSA) is 44.9 Å². The van der Waals surface area contributed by atoms with Gasteiger partial charge in [0.05, 0.1) is 6.04 Å². The zero-order chi connectivity index (χ0) is 15.8. The maximum absolute atomic E-state index is 12.7. The van der Waals surface area contributed by atoms with Gasteiger partial charge >= 0.3 is 0 Å². The van der Waals surface area contributed by atoms with Crippen LogP contribution < -0.4 is 5.32 Å². The molecule has 2 aromatic carbocycles. The van der Waals surface area contributed by atoms with Crippen molar-refractivity contribution in [2.45, 2.75) is 18.9 Å². The van der Waals surface area contributed by atoms with E-state index in [0.29, 0.717) is 5.69 Å². The SMILES string of the molecule is C=CCC[C@H]1NC(=O)c2[nH]c3ccccc3c2-c2ccccc21. The zero-order valence-electron chi connectivity index (χ0n) is 12.8. The fourth-order valence-corrected chi connectivity index (χ4v) is 3.44. The number of hydrogen-bond acceptors (Lipinski definition) is 1. The lowest BCUT2D eigenvalue weighted by Gasteiger charge is -2.18. The number of carbonyl (C=O) groups is 1. The van der Waals surface area contributed by atoms with Gasteiger partial charge in [0, 0.05) is 16.5 Å². The Bertz CT molecular complexity index is 907. The van der Waals surface area contributed by atoms with Gasteiger partial charge in [-0.25, -0.2) is 0 Å².